The minimum atomic E-state index is 0.0674. The normalized spacial score (nSPS) is 9.76. The summed E-state index contributed by atoms with van der Waals surface area (Å²) in [4.78, 5) is 0. The van der Waals surface area contributed by atoms with Crippen LogP contribution in [0, 0.1) is 18.3 Å². The van der Waals surface area contributed by atoms with Crippen LogP contribution in [0.5, 0.6) is 11.5 Å². The molecule has 4 nitrogen and oxygen atoms in total. The zero-order valence-corrected chi connectivity index (χ0v) is 12.2. The molecule has 0 fully saturated rings. The number of hydrogen-bond donors (Lipinski definition) is 1. The van der Waals surface area contributed by atoms with Crippen molar-refractivity contribution < 1.29 is 9.47 Å². The molecule has 0 amide bonds. The van der Waals surface area contributed by atoms with Crippen LogP contribution < -0.4 is 14.8 Å². The second-order valence-electron chi connectivity index (χ2n) is 4.63. The van der Waals surface area contributed by atoms with Crippen LogP contribution in [0.2, 0.25) is 0 Å². The van der Waals surface area contributed by atoms with Gasteiger partial charge < -0.3 is 14.8 Å². The first-order valence-electron chi connectivity index (χ1n) is 6.70. The molecule has 0 saturated carbocycles. The maximum Gasteiger partial charge on any atom is 0.174 e. The highest BCUT2D eigenvalue weighted by Crippen LogP contribution is 2.20. The standard InChI is InChI=1S/C17H18N2O2/c1-13-11-14(3-8-17(13)20-2)12-19-15-4-6-16(7-5-15)21-10-9-18/h3-8,11,19H,10,12H2,1-2H3. The van der Waals surface area contributed by atoms with Gasteiger partial charge in [-0.1, -0.05) is 12.1 Å². The molecular formula is C17H18N2O2. The maximum atomic E-state index is 8.46. The van der Waals surface area contributed by atoms with Crippen molar-refractivity contribution in [3.05, 3.63) is 53.6 Å². The Kier molecular flexibility index (Phi) is 5.05. The van der Waals surface area contributed by atoms with Crippen molar-refractivity contribution in [2.75, 3.05) is 19.0 Å². The number of hydrogen-bond acceptors (Lipinski definition) is 4. The van der Waals surface area contributed by atoms with E-state index >= 15 is 0 Å². The van der Waals surface area contributed by atoms with Gasteiger partial charge in [-0.2, -0.15) is 5.26 Å². The van der Waals surface area contributed by atoms with E-state index in [0.29, 0.717) is 5.75 Å². The largest absolute Gasteiger partial charge is 0.496 e. The summed E-state index contributed by atoms with van der Waals surface area (Å²) >= 11 is 0. The number of aryl methyl sites for hydroxylation is 1. The van der Waals surface area contributed by atoms with Gasteiger partial charge >= 0.3 is 0 Å². The van der Waals surface area contributed by atoms with Gasteiger partial charge in [0, 0.05) is 12.2 Å². The highest BCUT2D eigenvalue weighted by atomic mass is 16.5. The van der Waals surface area contributed by atoms with E-state index in [4.69, 9.17) is 14.7 Å². The van der Waals surface area contributed by atoms with Crippen molar-refractivity contribution in [2.24, 2.45) is 0 Å². The fourth-order valence-electron chi connectivity index (χ4n) is 2.04. The van der Waals surface area contributed by atoms with Gasteiger partial charge in [-0.25, -0.2) is 0 Å². The topological polar surface area (TPSA) is 54.3 Å². The summed E-state index contributed by atoms with van der Waals surface area (Å²) in [6.45, 7) is 2.84. The minimum absolute atomic E-state index is 0.0674. The van der Waals surface area contributed by atoms with Gasteiger partial charge in [0.25, 0.3) is 0 Å². The lowest BCUT2D eigenvalue weighted by molar-refractivity contribution is 0.368. The quantitative estimate of drug-likeness (QED) is 0.880. The fraction of sp³-hybridized carbons (Fsp3) is 0.235. The Hall–Kier alpha value is -2.67. The summed E-state index contributed by atoms with van der Waals surface area (Å²) in [5.74, 6) is 1.60. The molecule has 0 aliphatic heterocycles. The zero-order valence-electron chi connectivity index (χ0n) is 12.2. The third kappa shape index (κ3) is 4.15. The molecule has 0 atom stereocenters. The molecule has 0 saturated heterocycles. The van der Waals surface area contributed by atoms with E-state index in [1.807, 2.05) is 49.4 Å². The summed E-state index contributed by atoms with van der Waals surface area (Å²) < 4.78 is 10.5. The number of rotatable bonds is 6. The van der Waals surface area contributed by atoms with E-state index < -0.39 is 0 Å². The lowest BCUT2D eigenvalue weighted by Gasteiger charge is -2.10. The van der Waals surface area contributed by atoms with E-state index in [1.54, 1.807) is 7.11 Å². The van der Waals surface area contributed by atoms with Crippen molar-refractivity contribution in [1.29, 1.82) is 5.26 Å². The highest BCUT2D eigenvalue weighted by Gasteiger charge is 2.00. The Bertz CT molecular complexity index is 630. The Morgan fingerprint density at radius 1 is 1.14 bits per heavy atom. The van der Waals surface area contributed by atoms with Crippen LogP contribution in [-0.2, 0) is 6.54 Å². The molecule has 0 aliphatic rings. The van der Waals surface area contributed by atoms with E-state index in [9.17, 15) is 0 Å². The van der Waals surface area contributed by atoms with Gasteiger partial charge in [-0.3, -0.25) is 0 Å². The first kappa shape index (κ1) is 14.7. The van der Waals surface area contributed by atoms with Crippen LogP contribution in [0.15, 0.2) is 42.5 Å². The van der Waals surface area contributed by atoms with Crippen LogP contribution in [0.4, 0.5) is 5.69 Å². The van der Waals surface area contributed by atoms with Gasteiger partial charge in [-0.15, -0.1) is 0 Å². The van der Waals surface area contributed by atoms with E-state index in [-0.39, 0.29) is 6.61 Å². The highest BCUT2D eigenvalue weighted by molar-refractivity contribution is 5.47. The van der Waals surface area contributed by atoms with Crippen molar-refractivity contribution in [1.82, 2.24) is 0 Å². The summed E-state index contributed by atoms with van der Waals surface area (Å²) in [7, 11) is 1.68. The van der Waals surface area contributed by atoms with E-state index in [0.717, 1.165) is 23.5 Å². The van der Waals surface area contributed by atoms with Crippen molar-refractivity contribution in [3.8, 4) is 17.6 Å². The summed E-state index contributed by atoms with van der Waals surface area (Å²) in [6.07, 6.45) is 0. The molecule has 0 radical (unpaired) electrons. The van der Waals surface area contributed by atoms with Crippen molar-refractivity contribution in [3.63, 3.8) is 0 Å². The SMILES string of the molecule is COc1ccc(CNc2ccc(OCC#N)cc2)cc1C. The van der Waals surface area contributed by atoms with Gasteiger partial charge in [-0.05, 0) is 48.4 Å². The molecule has 4 heteroatoms. The minimum Gasteiger partial charge on any atom is -0.496 e. The molecule has 0 unspecified atom stereocenters. The molecule has 0 aliphatic carbocycles. The Morgan fingerprint density at radius 2 is 1.90 bits per heavy atom. The van der Waals surface area contributed by atoms with Crippen molar-refractivity contribution in [2.45, 2.75) is 13.5 Å². The van der Waals surface area contributed by atoms with Crippen LogP contribution in [0.3, 0.4) is 0 Å². The number of nitriles is 1. The number of ether oxygens (including phenoxy) is 2. The average Bonchev–Trinajstić information content (AvgIpc) is 2.52. The summed E-state index contributed by atoms with van der Waals surface area (Å²) in [5.41, 5.74) is 3.32. The van der Waals surface area contributed by atoms with Crippen LogP contribution >= 0.6 is 0 Å². The Morgan fingerprint density at radius 3 is 2.52 bits per heavy atom. The summed E-state index contributed by atoms with van der Waals surface area (Å²) in [5, 5.41) is 11.8. The maximum absolute atomic E-state index is 8.46. The molecular weight excluding hydrogens is 264 g/mol. The third-order valence-electron chi connectivity index (χ3n) is 3.11. The number of nitrogens with one attached hydrogen (secondary N) is 1. The number of nitrogens with zero attached hydrogens (tertiary/aromatic N) is 1. The molecule has 108 valence electrons. The van der Waals surface area contributed by atoms with E-state index in [2.05, 4.69) is 11.4 Å². The average molecular weight is 282 g/mol. The molecule has 1 N–H and O–H groups in total. The number of anilines is 1. The molecule has 2 aromatic carbocycles. The molecule has 0 heterocycles. The first-order valence-corrected chi connectivity index (χ1v) is 6.70. The van der Waals surface area contributed by atoms with Crippen molar-refractivity contribution >= 4 is 5.69 Å². The van der Waals surface area contributed by atoms with Crippen LogP contribution in [0.1, 0.15) is 11.1 Å². The third-order valence-corrected chi connectivity index (χ3v) is 3.11. The van der Waals surface area contributed by atoms with Gasteiger partial charge in [0.15, 0.2) is 6.61 Å². The zero-order chi connectivity index (χ0) is 15.1. The second-order valence-corrected chi connectivity index (χ2v) is 4.63. The first-order chi connectivity index (χ1) is 10.2. The Balaban J connectivity index is 1.93. The van der Waals surface area contributed by atoms with Crippen LogP contribution in [-0.4, -0.2) is 13.7 Å². The molecule has 0 spiro atoms. The molecule has 2 rings (SSSR count). The molecule has 0 bridgehead atoms. The molecule has 0 aromatic heterocycles. The fourth-order valence-corrected chi connectivity index (χ4v) is 2.04. The van der Waals surface area contributed by atoms with Gasteiger partial charge in [0.05, 0.1) is 7.11 Å². The summed E-state index contributed by atoms with van der Waals surface area (Å²) in [6, 6.07) is 15.6. The lowest BCUT2D eigenvalue weighted by Crippen LogP contribution is -2.00. The monoisotopic (exact) mass is 282 g/mol. The van der Waals surface area contributed by atoms with Gasteiger partial charge in [0.1, 0.15) is 17.6 Å². The van der Waals surface area contributed by atoms with Gasteiger partial charge in [0.2, 0.25) is 0 Å². The number of methoxy groups -OCH3 is 1. The Labute approximate surface area is 124 Å². The lowest BCUT2D eigenvalue weighted by atomic mass is 10.1. The van der Waals surface area contributed by atoms with E-state index in [1.165, 1.54) is 5.56 Å². The predicted molar refractivity (Wildman–Crippen MR) is 82.6 cm³/mol. The number of benzene rings is 2. The smallest absolute Gasteiger partial charge is 0.174 e. The van der Waals surface area contributed by atoms with Crippen LogP contribution in [0.25, 0.3) is 0 Å². The second kappa shape index (κ2) is 7.20. The predicted octanol–water partition coefficient (Wildman–Crippen LogP) is 3.52. The molecule has 2 aromatic rings. The molecule has 21 heavy (non-hydrogen) atoms.